The summed E-state index contributed by atoms with van der Waals surface area (Å²) in [6, 6.07) is 1.80. The number of hydrogen-bond acceptors (Lipinski definition) is 3. The second-order valence-corrected chi connectivity index (χ2v) is 4.99. The lowest BCUT2D eigenvalue weighted by Crippen LogP contribution is -2.37. The highest BCUT2D eigenvalue weighted by Gasteiger charge is 2.24. The number of amides is 1. The second-order valence-electron chi connectivity index (χ2n) is 4.99. The van der Waals surface area contributed by atoms with Gasteiger partial charge in [0, 0.05) is 25.5 Å². The number of nitrogens with zero attached hydrogens (tertiary/aromatic N) is 2. The maximum absolute atomic E-state index is 11.7. The molecule has 1 amide bonds. The summed E-state index contributed by atoms with van der Waals surface area (Å²) in [5.41, 5.74) is 0. The van der Waals surface area contributed by atoms with E-state index in [0.717, 1.165) is 12.8 Å². The van der Waals surface area contributed by atoms with E-state index >= 15 is 0 Å². The number of carbonyl (C=O) groups is 1. The van der Waals surface area contributed by atoms with Crippen LogP contribution in [0.4, 0.5) is 0 Å². The molecule has 0 bridgehead atoms. The Labute approximate surface area is 107 Å². The molecule has 0 aliphatic heterocycles. The summed E-state index contributed by atoms with van der Waals surface area (Å²) in [7, 11) is 0. The molecule has 0 radical (unpaired) electrons. The standard InChI is InChI=1S/C13H21N3O2/c17-10-12-5-2-1-4-11(12)8-14-13(18)9-16-7-3-6-15-16/h3,6-7,11-12,17H,1-2,4-5,8-10H2,(H,14,18). The van der Waals surface area contributed by atoms with E-state index in [-0.39, 0.29) is 19.1 Å². The average Bonchev–Trinajstić information content (AvgIpc) is 2.89. The summed E-state index contributed by atoms with van der Waals surface area (Å²) in [6.07, 6.45) is 8.02. The van der Waals surface area contributed by atoms with Crippen molar-refractivity contribution in [3.8, 4) is 0 Å². The normalized spacial score (nSPS) is 23.8. The van der Waals surface area contributed by atoms with Gasteiger partial charge in [0.15, 0.2) is 0 Å². The Balaban J connectivity index is 1.74. The van der Waals surface area contributed by atoms with E-state index < -0.39 is 0 Å². The number of carbonyl (C=O) groups excluding carboxylic acids is 1. The summed E-state index contributed by atoms with van der Waals surface area (Å²) >= 11 is 0. The third kappa shape index (κ3) is 3.57. The molecular weight excluding hydrogens is 230 g/mol. The fourth-order valence-electron chi connectivity index (χ4n) is 2.64. The molecule has 0 spiro atoms. The van der Waals surface area contributed by atoms with Crippen molar-refractivity contribution in [2.75, 3.05) is 13.2 Å². The predicted octanol–water partition coefficient (Wildman–Crippen LogP) is 0.798. The van der Waals surface area contributed by atoms with Gasteiger partial charge in [-0.15, -0.1) is 0 Å². The fourth-order valence-corrected chi connectivity index (χ4v) is 2.64. The maximum atomic E-state index is 11.7. The molecule has 1 aliphatic carbocycles. The molecule has 2 atom stereocenters. The molecule has 2 rings (SSSR count). The van der Waals surface area contributed by atoms with Gasteiger partial charge in [0.2, 0.25) is 5.91 Å². The molecule has 5 heteroatoms. The van der Waals surface area contributed by atoms with E-state index in [1.54, 1.807) is 23.1 Å². The lowest BCUT2D eigenvalue weighted by Gasteiger charge is -2.30. The highest BCUT2D eigenvalue weighted by atomic mass is 16.3. The second kappa shape index (κ2) is 6.54. The van der Waals surface area contributed by atoms with E-state index in [1.165, 1.54) is 12.8 Å². The van der Waals surface area contributed by atoms with Crippen molar-refractivity contribution in [1.29, 1.82) is 0 Å². The van der Waals surface area contributed by atoms with Crippen LogP contribution in [0.25, 0.3) is 0 Å². The molecule has 5 nitrogen and oxygen atoms in total. The Kier molecular flexibility index (Phi) is 4.75. The number of aliphatic hydroxyl groups is 1. The van der Waals surface area contributed by atoms with Gasteiger partial charge < -0.3 is 10.4 Å². The van der Waals surface area contributed by atoms with Crippen molar-refractivity contribution in [1.82, 2.24) is 15.1 Å². The van der Waals surface area contributed by atoms with Crippen molar-refractivity contribution in [3.63, 3.8) is 0 Å². The van der Waals surface area contributed by atoms with Crippen LogP contribution in [0, 0.1) is 11.8 Å². The van der Waals surface area contributed by atoms with E-state index in [2.05, 4.69) is 10.4 Å². The molecule has 100 valence electrons. The van der Waals surface area contributed by atoms with Crippen LogP contribution in [0.1, 0.15) is 25.7 Å². The minimum absolute atomic E-state index is 0.0130. The fraction of sp³-hybridized carbons (Fsp3) is 0.692. The Morgan fingerprint density at radius 3 is 2.83 bits per heavy atom. The molecule has 2 unspecified atom stereocenters. The Bertz CT molecular complexity index is 364. The quantitative estimate of drug-likeness (QED) is 0.813. The zero-order chi connectivity index (χ0) is 12.8. The molecule has 1 aliphatic rings. The Morgan fingerprint density at radius 2 is 2.17 bits per heavy atom. The van der Waals surface area contributed by atoms with E-state index in [1.807, 2.05) is 0 Å². The first-order valence-electron chi connectivity index (χ1n) is 6.64. The van der Waals surface area contributed by atoms with Crippen LogP contribution in [0.3, 0.4) is 0 Å². The molecule has 0 saturated heterocycles. The van der Waals surface area contributed by atoms with Crippen LogP contribution in [-0.2, 0) is 11.3 Å². The zero-order valence-corrected chi connectivity index (χ0v) is 10.6. The number of aliphatic hydroxyl groups excluding tert-OH is 1. The third-order valence-corrected chi connectivity index (χ3v) is 3.73. The largest absolute Gasteiger partial charge is 0.396 e. The zero-order valence-electron chi connectivity index (χ0n) is 10.6. The minimum atomic E-state index is -0.0130. The average molecular weight is 251 g/mol. The topological polar surface area (TPSA) is 67.2 Å². The first-order valence-corrected chi connectivity index (χ1v) is 6.64. The molecule has 1 heterocycles. The molecule has 0 aromatic carbocycles. The summed E-state index contributed by atoms with van der Waals surface area (Å²) < 4.78 is 1.61. The molecule has 1 aromatic heterocycles. The van der Waals surface area contributed by atoms with Gasteiger partial charge in [-0.3, -0.25) is 9.48 Å². The lowest BCUT2D eigenvalue weighted by molar-refractivity contribution is -0.122. The first kappa shape index (κ1) is 13.1. The lowest BCUT2D eigenvalue weighted by atomic mass is 9.79. The molecule has 1 aromatic rings. The van der Waals surface area contributed by atoms with Crippen molar-refractivity contribution in [2.45, 2.75) is 32.2 Å². The first-order chi connectivity index (χ1) is 8.79. The van der Waals surface area contributed by atoms with Gasteiger partial charge in [0.1, 0.15) is 6.54 Å². The van der Waals surface area contributed by atoms with Crippen molar-refractivity contribution in [3.05, 3.63) is 18.5 Å². The SMILES string of the molecule is O=C(Cn1cccn1)NCC1CCCCC1CO. The predicted molar refractivity (Wildman–Crippen MR) is 67.8 cm³/mol. The Hall–Kier alpha value is -1.36. The summed E-state index contributed by atoms with van der Waals surface area (Å²) in [5.74, 6) is 0.759. The molecular formula is C13H21N3O2. The van der Waals surface area contributed by atoms with Gasteiger partial charge in [0.25, 0.3) is 0 Å². The minimum Gasteiger partial charge on any atom is -0.396 e. The maximum Gasteiger partial charge on any atom is 0.241 e. The summed E-state index contributed by atoms with van der Waals surface area (Å²) in [4.78, 5) is 11.7. The molecule has 1 fully saturated rings. The highest BCUT2D eigenvalue weighted by molar-refractivity contribution is 5.75. The van der Waals surface area contributed by atoms with Gasteiger partial charge in [-0.25, -0.2) is 0 Å². The van der Waals surface area contributed by atoms with Crippen LogP contribution in [0.5, 0.6) is 0 Å². The van der Waals surface area contributed by atoms with Gasteiger partial charge in [-0.1, -0.05) is 12.8 Å². The summed E-state index contributed by atoms with van der Waals surface area (Å²) in [5, 5.41) is 16.2. The number of rotatable bonds is 5. The number of aromatic nitrogens is 2. The highest BCUT2D eigenvalue weighted by Crippen LogP contribution is 2.28. The third-order valence-electron chi connectivity index (χ3n) is 3.73. The van der Waals surface area contributed by atoms with Crippen molar-refractivity contribution < 1.29 is 9.90 Å². The van der Waals surface area contributed by atoms with E-state index in [4.69, 9.17) is 0 Å². The number of nitrogens with one attached hydrogen (secondary N) is 1. The van der Waals surface area contributed by atoms with Crippen molar-refractivity contribution in [2.24, 2.45) is 11.8 Å². The van der Waals surface area contributed by atoms with Gasteiger partial charge in [0.05, 0.1) is 0 Å². The monoisotopic (exact) mass is 251 g/mol. The number of hydrogen-bond donors (Lipinski definition) is 2. The van der Waals surface area contributed by atoms with E-state index in [0.29, 0.717) is 18.4 Å². The van der Waals surface area contributed by atoms with Gasteiger partial charge >= 0.3 is 0 Å². The van der Waals surface area contributed by atoms with Crippen LogP contribution in [-0.4, -0.2) is 33.9 Å². The van der Waals surface area contributed by atoms with Crippen LogP contribution < -0.4 is 5.32 Å². The molecule has 18 heavy (non-hydrogen) atoms. The van der Waals surface area contributed by atoms with Gasteiger partial charge in [-0.2, -0.15) is 5.10 Å². The van der Waals surface area contributed by atoms with Crippen LogP contribution in [0.2, 0.25) is 0 Å². The van der Waals surface area contributed by atoms with Crippen LogP contribution in [0.15, 0.2) is 18.5 Å². The van der Waals surface area contributed by atoms with Crippen molar-refractivity contribution >= 4 is 5.91 Å². The smallest absolute Gasteiger partial charge is 0.241 e. The Morgan fingerprint density at radius 1 is 1.39 bits per heavy atom. The molecule has 1 saturated carbocycles. The molecule has 2 N–H and O–H groups in total. The van der Waals surface area contributed by atoms with E-state index in [9.17, 15) is 9.90 Å². The summed E-state index contributed by atoms with van der Waals surface area (Å²) in [6.45, 7) is 1.18. The van der Waals surface area contributed by atoms with Crippen LogP contribution >= 0.6 is 0 Å². The van der Waals surface area contributed by atoms with Gasteiger partial charge in [-0.05, 0) is 30.7 Å².